The number of hydrogen-bond acceptors (Lipinski definition) is 3. The fourth-order valence-corrected chi connectivity index (χ4v) is 3.58. The first-order chi connectivity index (χ1) is 9.70. The van der Waals surface area contributed by atoms with Crippen LogP contribution in [0.4, 0.5) is 0 Å². The molecule has 0 radical (unpaired) electrons. The number of carbonyl (C=O) groups excluding carboxylic acids is 1. The molecule has 1 amide bonds. The SMILES string of the molecule is CCCC(CC)NC(=O)c1cc(C)c(Cl)c(S(=O)(=O)Cl)c1. The fraction of sp³-hybridized carbons (Fsp3) is 0.500. The van der Waals surface area contributed by atoms with E-state index < -0.39 is 9.05 Å². The summed E-state index contributed by atoms with van der Waals surface area (Å²) in [5.41, 5.74) is 0.734. The molecule has 0 bridgehead atoms. The van der Waals surface area contributed by atoms with Crippen LogP contribution >= 0.6 is 22.3 Å². The van der Waals surface area contributed by atoms with Crippen LogP contribution in [-0.4, -0.2) is 20.4 Å². The van der Waals surface area contributed by atoms with Gasteiger partial charge >= 0.3 is 0 Å². The topological polar surface area (TPSA) is 63.2 Å². The maximum absolute atomic E-state index is 12.2. The molecular weight excluding hydrogens is 333 g/mol. The highest BCUT2D eigenvalue weighted by atomic mass is 35.7. The normalized spacial score (nSPS) is 13.0. The van der Waals surface area contributed by atoms with Crippen LogP contribution in [0.15, 0.2) is 17.0 Å². The zero-order valence-electron chi connectivity index (χ0n) is 12.2. The van der Waals surface area contributed by atoms with Crippen LogP contribution in [0.25, 0.3) is 0 Å². The smallest absolute Gasteiger partial charge is 0.262 e. The molecule has 21 heavy (non-hydrogen) atoms. The van der Waals surface area contributed by atoms with Gasteiger partial charge in [-0.1, -0.05) is 31.9 Å². The second kappa shape index (κ2) is 7.47. The molecule has 0 saturated carbocycles. The summed E-state index contributed by atoms with van der Waals surface area (Å²) in [7, 11) is 1.36. The van der Waals surface area contributed by atoms with E-state index in [1.165, 1.54) is 6.07 Å². The van der Waals surface area contributed by atoms with E-state index in [0.29, 0.717) is 5.56 Å². The lowest BCUT2D eigenvalue weighted by Crippen LogP contribution is -2.34. The molecule has 0 aliphatic heterocycles. The van der Waals surface area contributed by atoms with Crippen LogP contribution in [0, 0.1) is 6.92 Å². The number of aryl methyl sites for hydroxylation is 1. The van der Waals surface area contributed by atoms with Crippen molar-refractivity contribution in [3.63, 3.8) is 0 Å². The average molecular weight is 352 g/mol. The maximum Gasteiger partial charge on any atom is 0.262 e. The standard InChI is InChI=1S/C14H19Cl2NO3S/c1-4-6-11(5-2)17-14(18)10-7-9(3)13(15)12(8-10)21(16,19)20/h7-8,11H,4-6H2,1-3H3,(H,17,18). The Balaban J connectivity index is 3.14. The van der Waals surface area contributed by atoms with Crippen molar-refractivity contribution in [1.29, 1.82) is 0 Å². The van der Waals surface area contributed by atoms with Crippen molar-refractivity contribution >= 4 is 37.2 Å². The molecular formula is C14H19Cl2NO3S. The van der Waals surface area contributed by atoms with E-state index in [9.17, 15) is 13.2 Å². The first kappa shape index (κ1) is 18.3. The third-order valence-corrected chi connectivity index (χ3v) is 5.17. The summed E-state index contributed by atoms with van der Waals surface area (Å²) in [4.78, 5) is 12.0. The van der Waals surface area contributed by atoms with Gasteiger partial charge in [0.1, 0.15) is 4.90 Å². The number of amides is 1. The van der Waals surface area contributed by atoms with Gasteiger partial charge in [-0.2, -0.15) is 0 Å². The molecule has 0 fully saturated rings. The third kappa shape index (κ3) is 4.87. The Morgan fingerprint density at radius 3 is 2.43 bits per heavy atom. The highest BCUT2D eigenvalue weighted by molar-refractivity contribution is 8.13. The molecule has 0 aromatic heterocycles. The van der Waals surface area contributed by atoms with Gasteiger partial charge in [0.05, 0.1) is 5.02 Å². The van der Waals surface area contributed by atoms with Gasteiger partial charge in [0.15, 0.2) is 0 Å². The highest BCUT2D eigenvalue weighted by Crippen LogP contribution is 2.29. The minimum atomic E-state index is -4.00. The second-order valence-corrected chi connectivity index (χ2v) is 7.82. The lowest BCUT2D eigenvalue weighted by Gasteiger charge is -2.17. The molecule has 0 aliphatic carbocycles. The monoisotopic (exact) mass is 351 g/mol. The zero-order chi connectivity index (χ0) is 16.2. The summed E-state index contributed by atoms with van der Waals surface area (Å²) in [6.45, 7) is 5.66. The van der Waals surface area contributed by atoms with Crippen molar-refractivity contribution in [3.8, 4) is 0 Å². The van der Waals surface area contributed by atoms with E-state index in [1.54, 1.807) is 13.0 Å². The molecule has 1 atom stereocenters. The van der Waals surface area contributed by atoms with Crippen LogP contribution in [-0.2, 0) is 9.05 Å². The molecule has 1 aromatic carbocycles. The Bertz CT molecular complexity index is 629. The largest absolute Gasteiger partial charge is 0.349 e. The van der Waals surface area contributed by atoms with Gasteiger partial charge in [-0.15, -0.1) is 0 Å². The number of rotatable bonds is 6. The van der Waals surface area contributed by atoms with Crippen molar-refractivity contribution in [2.45, 2.75) is 51.0 Å². The van der Waals surface area contributed by atoms with E-state index >= 15 is 0 Å². The Labute approximate surface area is 135 Å². The number of halogens is 2. The number of carbonyl (C=O) groups is 1. The molecule has 1 N–H and O–H groups in total. The van der Waals surface area contributed by atoms with Crippen LogP contribution in [0.5, 0.6) is 0 Å². The van der Waals surface area contributed by atoms with E-state index in [-0.39, 0.29) is 27.4 Å². The molecule has 0 heterocycles. The predicted molar refractivity (Wildman–Crippen MR) is 85.7 cm³/mol. The van der Waals surface area contributed by atoms with Gasteiger partial charge in [0.2, 0.25) is 0 Å². The van der Waals surface area contributed by atoms with Crippen molar-refractivity contribution in [1.82, 2.24) is 5.32 Å². The van der Waals surface area contributed by atoms with Gasteiger partial charge < -0.3 is 5.32 Å². The van der Waals surface area contributed by atoms with E-state index in [1.807, 2.05) is 13.8 Å². The fourth-order valence-electron chi connectivity index (χ4n) is 2.04. The Kier molecular flexibility index (Phi) is 6.50. The summed E-state index contributed by atoms with van der Waals surface area (Å²) in [6.07, 6.45) is 2.64. The van der Waals surface area contributed by atoms with E-state index in [2.05, 4.69) is 5.32 Å². The lowest BCUT2D eigenvalue weighted by molar-refractivity contribution is 0.0933. The Morgan fingerprint density at radius 2 is 1.95 bits per heavy atom. The molecule has 118 valence electrons. The minimum absolute atomic E-state index is 0.0437. The van der Waals surface area contributed by atoms with Crippen LogP contribution < -0.4 is 5.32 Å². The molecule has 7 heteroatoms. The summed E-state index contributed by atoms with van der Waals surface area (Å²) in [5.74, 6) is -0.323. The van der Waals surface area contributed by atoms with E-state index in [0.717, 1.165) is 19.3 Å². The van der Waals surface area contributed by atoms with Crippen molar-refractivity contribution < 1.29 is 13.2 Å². The van der Waals surface area contributed by atoms with Gasteiger partial charge in [0, 0.05) is 22.3 Å². The summed E-state index contributed by atoms with van der Waals surface area (Å²) >= 11 is 5.94. The quantitative estimate of drug-likeness (QED) is 0.790. The van der Waals surface area contributed by atoms with Crippen molar-refractivity contribution in [2.75, 3.05) is 0 Å². The van der Waals surface area contributed by atoms with Crippen molar-refractivity contribution in [3.05, 3.63) is 28.3 Å². The van der Waals surface area contributed by atoms with Crippen LogP contribution in [0.2, 0.25) is 5.02 Å². The Hall–Kier alpha value is -0.780. The number of hydrogen-bond donors (Lipinski definition) is 1. The number of nitrogens with one attached hydrogen (secondary N) is 1. The lowest BCUT2D eigenvalue weighted by atomic mass is 10.1. The molecule has 1 rings (SSSR count). The first-order valence-corrected chi connectivity index (χ1v) is 9.45. The number of benzene rings is 1. The molecule has 0 aliphatic rings. The van der Waals surface area contributed by atoms with Gasteiger partial charge in [0.25, 0.3) is 15.0 Å². The maximum atomic E-state index is 12.2. The van der Waals surface area contributed by atoms with Gasteiger partial charge in [-0.05, 0) is 37.5 Å². The van der Waals surface area contributed by atoms with Gasteiger partial charge in [-0.3, -0.25) is 4.79 Å². The second-order valence-electron chi connectivity index (χ2n) is 4.91. The molecule has 0 spiro atoms. The van der Waals surface area contributed by atoms with Crippen LogP contribution in [0.3, 0.4) is 0 Å². The Morgan fingerprint density at radius 1 is 1.33 bits per heavy atom. The highest BCUT2D eigenvalue weighted by Gasteiger charge is 2.20. The summed E-state index contributed by atoms with van der Waals surface area (Å²) < 4.78 is 23.0. The van der Waals surface area contributed by atoms with Crippen LogP contribution in [0.1, 0.15) is 49.0 Å². The first-order valence-electron chi connectivity index (χ1n) is 6.76. The van der Waals surface area contributed by atoms with Crippen molar-refractivity contribution in [2.24, 2.45) is 0 Å². The summed E-state index contributed by atoms with van der Waals surface area (Å²) in [5, 5.41) is 2.93. The zero-order valence-corrected chi connectivity index (χ0v) is 14.6. The van der Waals surface area contributed by atoms with Gasteiger partial charge in [-0.25, -0.2) is 8.42 Å². The summed E-state index contributed by atoms with van der Waals surface area (Å²) in [6, 6.07) is 2.84. The molecule has 0 saturated heterocycles. The minimum Gasteiger partial charge on any atom is -0.349 e. The average Bonchev–Trinajstić information content (AvgIpc) is 2.39. The molecule has 1 aromatic rings. The molecule has 1 unspecified atom stereocenters. The van der Waals surface area contributed by atoms with E-state index in [4.69, 9.17) is 22.3 Å². The molecule has 4 nitrogen and oxygen atoms in total. The third-order valence-electron chi connectivity index (χ3n) is 3.21. The predicted octanol–water partition coefficient (Wildman–Crippen LogP) is 3.88.